The highest BCUT2D eigenvalue weighted by Gasteiger charge is 2.00. The molecular weight excluding hydrogens is 465 g/mol. The normalized spacial score (nSPS) is 11.0. The van der Waals surface area contributed by atoms with E-state index in [9.17, 15) is 0 Å². The number of halogens is 1. The topological polar surface area (TPSA) is 54.9 Å². The van der Waals surface area contributed by atoms with Gasteiger partial charge in [-0.05, 0) is 30.5 Å². The summed E-state index contributed by atoms with van der Waals surface area (Å²) in [7, 11) is 0. The van der Waals surface area contributed by atoms with Crippen LogP contribution in [0.2, 0.25) is 0 Å². The maximum atomic E-state index is 5.83. The van der Waals surface area contributed by atoms with Crippen molar-refractivity contribution in [2.45, 2.75) is 33.6 Å². The van der Waals surface area contributed by atoms with Crippen LogP contribution in [0.4, 0.5) is 0 Å². The smallest absolute Gasteiger partial charge is 0.191 e. The minimum Gasteiger partial charge on any atom is -0.380 e. The molecule has 0 unspecified atom stereocenters. The molecule has 2 aromatic rings. The summed E-state index contributed by atoms with van der Waals surface area (Å²) in [5.41, 5.74) is 3.51. The largest absolute Gasteiger partial charge is 0.380 e. The van der Waals surface area contributed by atoms with E-state index < -0.39 is 0 Å². The maximum Gasteiger partial charge on any atom is 0.191 e. The van der Waals surface area contributed by atoms with Crippen LogP contribution in [-0.2, 0) is 29.2 Å². The maximum absolute atomic E-state index is 5.83. The Morgan fingerprint density at radius 1 is 0.857 bits per heavy atom. The molecule has 0 fully saturated rings. The molecule has 0 heterocycles. The fourth-order valence-electron chi connectivity index (χ4n) is 2.58. The molecule has 0 aliphatic carbocycles. The second kappa shape index (κ2) is 15.3. The van der Waals surface area contributed by atoms with Crippen LogP contribution in [0, 0.1) is 0 Å². The summed E-state index contributed by atoms with van der Waals surface area (Å²) in [5.74, 6) is 0.808. The van der Waals surface area contributed by atoms with Gasteiger partial charge in [0.25, 0.3) is 0 Å². The van der Waals surface area contributed by atoms with Crippen molar-refractivity contribution in [3.05, 3.63) is 71.3 Å². The molecule has 0 atom stereocenters. The number of rotatable bonds is 11. The highest BCUT2D eigenvalue weighted by atomic mass is 127. The third-order valence-electron chi connectivity index (χ3n) is 3.88. The standard InChI is InChI=1S/C22H31N3O2.HI/c1-3-23-22(24-13-14-26-4-2)25-16-20-11-8-12-21(15-20)18-27-17-19-9-6-5-7-10-19;/h5-12,15H,3-4,13-14,16-18H2,1-2H3,(H2,23,24,25);1H. The van der Waals surface area contributed by atoms with Crippen LogP contribution in [0.5, 0.6) is 0 Å². The lowest BCUT2D eigenvalue weighted by molar-refractivity contribution is 0.107. The number of aliphatic imine (C=N–C) groups is 1. The molecule has 0 saturated heterocycles. The van der Waals surface area contributed by atoms with E-state index in [-0.39, 0.29) is 24.0 Å². The van der Waals surface area contributed by atoms with Crippen molar-refractivity contribution in [2.24, 2.45) is 4.99 Å². The number of benzene rings is 2. The predicted molar refractivity (Wildman–Crippen MR) is 126 cm³/mol. The number of ether oxygens (including phenoxy) is 2. The third kappa shape index (κ3) is 10.1. The Bertz CT molecular complexity index is 680. The van der Waals surface area contributed by atoms with Crippen molar-refractivity contribution in [3.63, 3.8) is 0 Å². The molecule has 0 bridgehead atoms. The second-order valence-corrected chi connectivity index (χ2v) is 6.12. The molecule has 0 amide bonds. The van der Waals surface area contributed by atoms with Crippen molar-refractivity contribution in [1.82, 2.24) is 10.6 Å². The van der Waals surface area contributed by atoms with E-state index in [4.69, 9.17) is 9.47 Å². The molecule has 0 radical (unpaired) electrons. The van der Waals surface area contributed by atoms with Gasteiger partial charge in [-0.3, -0.25) is 0 Å². The molecule has 0 aliphatic heterocycles. The van der Waals surface area contributed by atoms with Crippen LogP contribution in [0.15, 0.2) is 59.6 Å². The Balaban J connectivity index is 0.00000392. The molecule has 0 aliphatic rings. The average molecular weight is 497 g/mol. The second-order valence-electron chi connectivity index (χ2n) is 6.12. The Morgan fingerprint density at radius 2 is 1.57 bits per heavy atom. The molecule has 154 valence electrons. The Hall–Kier alpha value is -1.64. The number of guanidine groups is 1. The molecule has 0 saturated carbocycles. The van der Waals surface area contributed by atoms with Gasteiger partial charge in [-0.2, -0.15) is 0 Å². The van der Waals surface area contributed by atoms with E-state index in [1.54, 1.807) is 0 Å². The molecule has 2 N–H and O–H groups in total. The van der Waals surface area contributed by atoms with Gasteiger partial charge in [0, 0.05) is 19.7 Å². The highest BCUT2D eigenvalue weighted by Crippen LogP contribution is 2.10. The molecule has 28 heavy (non-hydrogen) atoms. The summed E-state index contributed by atoms with van der Waals surface area (Å²) < 4.78 is 11.2. The van der Waals surface area contributed by atoms with Gasteiger partial charge in [-0.15, -0.1) is 24.0 Å². The monoisotopic (exact) mass is 497 g/mol. The summed E-state index contributed by atoms with van der Waals surface area (Å²) >= 11 is 0. The van der Waals surface area contributed by atoms with Gasteiger partial charge >= 0.3 is 0 Å². The molecule has 6 heteroatoms. The van der Waals surface area contributed by atoms with Crippen LogP contribution in [0.25, 0.3) is 0 Å². The molecular formula is C22H32IN3O2. The van der Waals surface area contributed by atoms with Gasteiger partial charge in [0.1, 0.15) is 0 Å². The predicted octanol–water partition coefficient (Wildman–Crippen LogP) is 4.11. The van der Waals surface area contributed by atoms with E-state index >= 15 is 0 Å². The molecule has 0 spiro atoms. The zero-order valence-corrected chi connectivity index (χ0v) is 19.1. The van der Waals surface area contributed by atoms with Crippen LogP contribution in [0.3, 0.4) is 0 Å². The Morgan fingerprint density at radius 3 is 2.32 bits per heavy atom. The quantitative estimate of drug-likeness (QED) is 0.212. The lowest BCUT2D eigenvalue weighted by atomic mass is 10.1. The minimum atomic E-state index is 0. The van der Waals surface area contributed by atoms with Crippen molar-refractivity contribution >= 4 is 29.9 Å². The van der Waals surface area contributed by atoms with E-state index in [1.807, 2.05) is 25.1 Å². The highest BCUT2D eigenvalue weighted by molar-refractivity contribution is 14.0. The zero-order valence-electron chi connectivity index (χ0n) is 16.8. The molecule has 0 aromatic heterocycles. The minimum absolute atomic E-state index is 0. The van der Waals surface area contributed by atoms with Crippen LogP contribution in [-0.4, -0.2) is 32.3 Å². The van der Waals surface area contributed by atoms with E-state index in [0.29, 0.717) is 26.4 Å². The van der Waals surface area contributed by atoms with E-state index in [2.05, 4.69) is 58.9 Å². The van der Waals surface area contributed by atoms with E-state index in [0.717, 1.165) is 36.8 Å². The van der Waals surface area contributed by atoms with Crippen molar-refractivity contribution in [3.8, 4) is 0 Å². The SMILES string of the molecule is CCNC(=NCc1cccc(COCc2ccccc2)c1)NCCOCC.I. The molecule has 2 rings (SSSR count). The Kier molecular flexibility index (Phi) is 13.3. The number of nitrogens with zero attached hydrogens (tertiary/aromatic N) is 1. The lowest BCUT2D eigenvalue weighted by Crippen LogP contribution is -2.39. The summed E-state index contributed by atoms with van der Waals surface area (Å²) in [5, 5.41) is 6.54. The van der Waals surface area contributed by atoms with Crippen LogP contribution < -0.4 is 10.6 Å². The van der Waals surface area contributed by atoms with Gasteiger partial charge in [0.05, 0.1) is 26.4 Å². The van der Waals surface area contributed by atoms with Gasteiger partial charge < -0.3 is 20.1 Å². The van der Waals surface area contributed by atoms with E-state index in [1.165, 1.54) is 5.56 Å². The lowest BCUT2D eigenvalue weighted by Gasteiger charge is -2.11. The number of nitrogens with one attached hydrogen (secondary N) is 2. The fourth-order valence-corrected chi connectivity index (χ4v) is 2.58. The first-order valence-electron chi connectivity index (χ1n) is 9.61. The number of hydrogen-bond donors (Lipinski definition) is 2. The van der Waals surface area contributed by atoms with Crippen molar-refractivity contribution in [2.75, 3.05) is 26.3 Å². The van der Waals surface area contributed by atoms with Crippen LogP contribution >= 0.6 is 24.0 Å². The number of hydrogen-bond acceptors (Lipinski definition) is 3. The zero-order chi connectivity index (χ0) is 19.2. The van der Waals surface area contributed by atoms with Crippen molar-refractivity contribution in [1.29, 1.82) is 0 Å². The average Bonchev–Trinajstić information content (AvgIpc) is 2.70. The molecule has 5 nitrogen and oxygen atoms in total. The summed E-state index contributed by atoms with van der Waals surface area (Å²) in [6, 6.07) is 18.6. The third-order valence-corrected chi connectivity index (χ3v) is 3.88. The first kappa shape index (κ1) is 24.4. The van der Waals surface area contributed by atoms with Crippen LogP contribution in [0.1, 0.15) is 30.5 Å². The first-order chi connectivity index (χ1) is 13.3. The van der Waals surface area contributed by atoms with Gasteiger partial charge in [0.2, 0.25) is 0 Å². The Labute approximate surface area is 186 Å². The fraction of sp³-hybridized carbons (Fsp3) is 0.409. The van der Waals surface area contributed by atoms with Gasteiger partial charge in [-0.25, -0.2) is 4.99 Å². The van der Waals surface area contributed by atoms with Gasteiger partial charge in [0.15, 0.2) is 5.96 Å². The van der Waals surface area contributed by atoms with Gasteiger partial charge in [-0.1, -0.05) is 54.6 Å². The summed E-state index contributed by atoms with van der Waals surface area (Å²) in [6.45, 7) is 8.87. The molecule has 2 aromatic carbocycles. The first-order valence-corrected chi connectivity index (χ1v) is 9.61. The van der Waals surface area contributed by atoms with Crippen molar-refractivity contribution < 1.29 is 9.47 Å². The summed E-state index contributed by atoms with van der Waals surface area (Å²) in [4.78, 5) is 4.65. The summed E-state index contributed by atoms with van der Waals surface area (Å²) in [6.07, 6.45) is 0.